The third kappa shape index (κ3) is 8.05. The van der Waals surface area contributed by atoms with E-state index in [1.54, 1.807) is 66.7 Å². The molecule has 0 heterocycles. The lowest BCUT2D eigenvalue weighted by Crippen LogP contribution is -2.30. The van der Waals surface area contributed by atoms with Crippen molar-refractivity contribution >= 4 is 58.5 Å². The fourth-order valence-electron chi connectivity index (χ4n) is 3.61. The summed E-state index contributed by atoms with van der Waals surface area (Å²) in [7, 11) is 0. The first kappa shape index (κ1) is 28.6. The molecule has 0 fully saturated rings. The van der Waals surface area contributed by atoms with Gasteiger partial charge >= 0.3 is 0 Å². The molecule has 0 aliphatic rings. The first-order chi connectivity index (χ1) is 19.3. The molecule has 0 atom stereocenters. The first-order valence-electron chi connectivity index (χ1n) is 12.2. The second-order valence-corrected chi connectivity index (χ2v) is 10.1. The maximum Gasteiger partial charge on any atom is 0.272 e. The molecule has 3 amide bonds. The number of benzene rings is 4. The number of hydrogen-bond donors (Lipinski definition) is 3. The van der Waals surface area contributed by atoms with E-state index in [9.17, 15) is 18.8 Å². The van der Waals surface area contributed by atoms with Crippen molar-refractivity contribution in [2.24, 2.45) is 0 Å². The molecule has 0 aromatic heterocycles. The molecule has 0 aliphatic heterocycles. The standard InChI is InChI=1S/C31H25ClFN3O3S/c1-20-26(32)11-6-12-27(20)35-29(37)19-40-25-10-5-9-24(18-25)34-31(39)28(17-21-13-15-23(33)16-14-21)36-30(38)22-7-3-2-4-8-22/h2-18H,19H2,1H3,(H,34,39)(H,35,37)(H,36,38)/b28-17+. The molecule has 0 unspecified atom stereocenters. The lowest BCUT2D eigenvalue weighted by molar-refractivity contribution is -0.114. The number of amides is 3. The van der Waals surface area contributed by atoms with E-state index >= 15 is 0 Å². The number of hydrogen-bond acceptors (Lipinski definition) is 4. The SMILES string of the molecule is Cc1c(Cl)cccc1NC(=O)CSc1cccc(NC(=O)/C(=C\c2ccc(F)cc2)NC(=O)c2ccccc2)c1. The topological polar surface area (TPSA) is 87.3 Å². The summed E-state index contributed by atoms with van der Waals surface area (Å²) in [6.07, 6.45) is 1.47. The number of rotatable bonds is 9. The van der Waals surface area contributed by atoms with Gasteiger partial charge in [-0.1, -0.05) is 54.1 Å². The Morgan fingerprint density at radius 1 is 0.875 bits per heavy atom. The van der Waals surface area contributed by atoms with Crippen LogP contribution in [-0.2, 0) is 9.59 Å². The van der Waals surface area contributed by atoms with Gasteiger partial charge in [0, 0.05) is 26.9 Å². The third-order valence-electron chi connectivity index (χ3n) is 5.71. The van der Waals surface area contributed by atoms with E-state index in [1.165, 1.54) is 42.1 Å². The monoisotopic (exact) mass is 573 g/mol. The minimum Gasteiger partial charge on any atom is -0.325 e. The highest BCUT2D eigenvalue weighted by atomic mass is 35.5. The molecule has 9 heteroatoms. The molecule has 0 saturated heterocycles. The van der Waals surface area contributed by atoms with Gasteiger partial charge in [0.25, 0.3) is 11.8 Å². The van der Waals surface area contributed by atoms with Crippen LogP contribution in [0.15, 0.2) is 108 Å². The molecule has 0 spiro atoms. The molecule has 0 bridgehead atoms. The Bertz CT molecular complexity index is 1560. The molecule has 0 radical (unpaired) electrons. The molecule has 0 saturated carbocycles. The highest BCUT2D eigenvalue weighted by Gasteiger charge is 2.16. The minimum atomic E-state index is -0.565. The molecule has 40 heavy (non-hydrogen) atoms. The predicted molar refractivity (Wildman–Crippen MR) is 159 cm³/mol. The van der Waals surface area contributed by atoms with E-state index in [-0.39, 0.29) is 17.4 Å². The largest absolute Gasteiger partial charge is 0.325 e. The number of nitrogens with one attached hydrogen (secondary N) is 3. The first-order valence-corrected chi connectivity index (χ1v) is 13.6. The minimum absolute atomic E-state index is 0.0187. The normalized spacial score (nSPS) is 11.0. The van der Waals surface area contributed by atoms with E-state index < -0.39 is 17.6 Å². The smallest absolute Gasteiger partial charge is 0.272 e. The van der Waals surface area contributed by atoms with Gasteiger partial charge in [0.05, 0.1) is 5.75 Å². The number of thioether (sulfide) groups is 1. The zero-order valence-electron chi connectivity index (χ0n) is 21.4. The van der Waals surface area contributed by atoms with Crippen LogP contribution in [0.1, 0.15) is 21.5 Å². The van der Waals surface area contributed by atoms with E-state index in [1.807, 2.05) is 13.0 Å². The molecule has 4 rings (SSSR count). The third-order valence-corrected chi connectivity index (χ3v) is 7.12. The Balaban J connectivity index is 1.45. The van der Waals surface area contributed by atoms with Crippen LogP contribution in [0.2, 0.25) is 5.02 Å². The van der Waals surface area contributed by atoms with Crippen molar-refractivity contribution in [2.75, 3.05) is 16.4 Å². The molecule has 3 N–H and O–H groups in total. The highest BCUT2D eigenvalue weighted by Crippen LogP contribution is 2.25. The van der Waals surface area contributed by atoms with E-state index in [4.69, 9.17) is 11.6 Å². The van der Waals surface area contributed by atoms with Crippen LogP contribution >= 0.6 is 23.4 Å². The molecule has 4 aromatic rings. The molecule has 4 aromatic carbocycles. The van der Waals surface area contributed by atoms with Crippen LogP contribution in [-0.4, -0.2) is 23.5 Å². The zero-order chi connectivity index (χ0) is 28.5. The maximum atomic E-state index is 13.4. The van der Waals surface area contributed by atoms with Crippen LogP contribution in [0.25, 0.3) is 6.08 Å². The van der Waals surface area contributed by atoms with Crippen molar-refractivity contribution in [2.45, 2.75) is 11.8 Å². The van der Waals surface area contributed by atoms with Gasteiger partial charge in [-0.05, 0) is 78.7 Å². The lowest BCUT2D eigenvalue weighted by Gasteiger charge is -2.12. The van der Waals surface area contributed by atoms with Crippen LogP contribution in [0, 0.1) is 12.7 Å². The van der Waals surface area contributed by atoms with E-state index in [2.05, 4.69) is 16.0 Å². The summed E-state index contributed by atoms with van der Waals surface area (Å²) in [5.41, 5.74) is 2.80. The quantitative estimate of drug-likeness (QED) is 0.150. The average molecular weight is 574 g/mol. The zero-order valence-corrected chi connectivity index (χ0v) is 23.0. The van der Waals surface area contributed by atoms with Gasteiger partial charge in [0.15, 0.2) is 0 Å². The summed E-state index contributed by atoms with van der Waals surface area (Å²) in [6, 6.07) is 26.4. The second-order valence-electron chi connectivity index (χ2n) is 8.66. The van der Waals surface area contributed by atoms with Crippen molar-refractivity contribution in [1.29, 1.82) is 0 Å². The molecular weight excluding hydrogens is 549 g/mol. The van der Waals surface area contributed by atoms with Gasteiger partial charge in [-0.15, -0.1) is 11.8 Å². The number of anilines is 2. The van der Waals surface area contributed by atoms with Gasteiger partial charge in [0.2, 0.25) is 5.91 Å². The predicted octanol–water partition coefficient (Wildman–Crippen LogP) is 6.93. The highest BCUT2D eigenvalue weighted by molar-refractivity contribution is 8.00. The van der Waals surface area contributed by atoms with Crippen molar-refractivity contribution < 1.29 is 18.8 Å². The number of carbonyl (C=O) groups excluding carboxylic acids is 3. The molecule has 202 valence electrons. The summed E-state index contributed by atoms with van der Waals surface area (Å²) in [6.45, 7) is 1.83. The Morgan fingerprint density at radius 3 is 2.35 bits per heavy atom. The van der Waals surface area contributed by atoms with Crippen LogP contribution in [0.4, 0.5) is 15.8 Å². The maximum absolute atomic E-state index is 13.4. The number of carbonyl (C=O) groups is 3. The Labute approximate surface area is 240 Å². The summed E-state index contributed by atoms with van der Waals surface area (Å²) >= 11 is 7.43. The van der Waals surface area contributed by atoms with Gasteiger partial charge in [0.1, 0.15) is 11.5 Å². The summed E-state index contributed by atoms with van der Waals surface area (Å²) < 4.78 is 13.4. The van der Waals surface area contributed by atoms with E-state index in [0.29, 0.717) is 27.5 Å². The van der Waals surface area contributed by atoms with Crippen molar-refractivity contribution in [3.63, 3.8) is 0 Å². The van der Waals surface area contributed by atoms with Crippen molar-refractivity contribution in [3.8, 4) is 0 Å². The van der Waals surface area contributed by atoms with E-state index in [0.717, 1.165) is 10.5 Å². The Kier molecular flexibility index (Phi) is 9.72. The van der Waals surface area contributed by atoms with Gasteiger partial charge in [-0.25, -0.2) is 4.39 Å². The van der Waals surface area contributed by atoms with Crippen molar-refractivity contribution in [3.05, 3.63) is 130 Å². The van der Waals surface area contributed by atoms with Crippen LogP contribution in [0.5, 0.6) is 0 Å². The van der Waals surface area contributed by atoms with Gasteiger partial charge < -0.3 is 16.0 Å². The van der Waals surface area contributed by atoms with Gasteiger partial charge in [-0.2, -0.15) is 0 Å². The molecule has 6 nitrogen and oxygen atoms in total. The molecule has 0 aliphatic carbocycles. The van der Waals surface area contributed by atoms with Crippen LogP contribution < -0.4 is 16.0 Å². The Hall–Kier alpha value is -4.40. The van der Waals surface area contributed by atoms with Crippen molar-refractivity contribution in [1.82, 2.24) is 5.32 Å². The fourth-order valence-corrected chi connectivity index (χ4v) is 4.54. The Morgan fingerprint density at radius 2 is 1.60 bits per heavy atom. The van der Waals surface area contributed by atoms with Crippen LogP contribution in [0.3, 0.4) is 0 Å². The summed E-state index contributed by atoms with van der Waals surface area (Å²) in [5.74, 6) is -1.49. The van der Waals surface area contributed by atoms with Gasteiger partial charge in [-0.3, -0.25) is 14.4 Å². The molecular formula is C31H25ClFN3O3S. The summed E-state index contributed by atoms with van der Waals surface area (Å²) in [5, 5.41) is 8.87. The fraction of sp³-hybridized carbons (Fsp3) is 0.0645. The lowest BCUT2D eigenvalue weighted by atomic mass is 10.1. The average Bonchev–Trinajstić information content (AvgIpc) is 2.96. The second kappa shape index (κ2) is 13.6. The number of halogens is 2. The summed E-state index contributed by atoms with van der Waals surface area (Å²) in [4.78, 5) is 39.3.